The zero-order valence-corrected chi connectivity index (χ0v) is 12.7. The Morgan fingerprint density at radius 1 is 1.13 bits per heavy atom. The van der Waals surface area contributed by atoms with Crippen LogP contribution >= 0.6 is 0 Å². The molecule has 0 fully saturated rings. The van der Waals surface area contributed by atoms with Crippen LogP contribution in [0.2, 0.25) is 0 Å². The second-order valence-electron chi connectivity index (χ2n) is 5.71. The standard InChI is InChI=1S/C19H17NO3/c21-19-18-15(7-4-10-20-18)16-11-14(8-9-17(16)23-19)22-12-13-5-2-1-3-6-13/h1-3,5-6,8-9,11,20H,4,7,10,12H2. The Labute approximate surface area is 133 Å². The molecule has 1 aromatic heterocycles. The number of anilines is 1. The Hall–Kier alpha value is -2.75. The maximum absolute atomic E-state index is 12.0. The smallest absolute Gasteiger partial charge is 0.360 e. The van der Waals surface area contributed by atoms with E-state index in [4.69, 9.17) is 9.15 Å². The van der Waals surface area contributed by atoms with Gasteiger partial charge in [0.15, 0.2) is 0 Å². The minimum atomic E-state index is -0.287. The average molecular weight is 307 g/mol. The first-order chi connectivity index (χ1) is 11.3. The topological polar surface area (TPSA) is 51.5 Å². The number of benzene rings is 2. The molecule has 0 amide bonds. The van der Waals surface area contributed by atoms with E-state index in [1.807, 2.05) is 48.5 Å². The molecular formula is C19H17NO3. The Bertz CT molecular complexity index is 900. The van der Waals surface area contributed by atoms with Crippen LogP contribution in [0, 0.1) is 0 Å². The number of hydrogen-bond acceptors (Lipinski definition) is 4. The number of aryl methyl sites for hydroxylation is 1. The third-order valence-electron chi connectivity index (χ3n) is 4.14. The molecule has 0 aliphatic carbocycles. The fourth-order valence-electron chi connectivity index (χ4n) is 2.99. The molecule has 116 valence electrons. The van der Waals surface area contributed by atoms with Crippen molar-refractivity contribution in [3.8, 4) is 5.75 Å². The molecule has 0 radical (unpaired) electrons. The number of ether oxygens (including phenoxy) is 1. The van der Waals surface area contributed by atoms with Crippen molar-refractivity contribution < 1.29 is 9.15 Å². The zero-order chi connectivity index (χ0) is 15.6. The van der Waals surface area contributed by atoms with E-state index in [2.05, 4.69) is 5.32 Å². The van der Waals surface area contributed by atoms with E-state index >= 15 is 0 Å². The second kappa shape index (κ2) is 5.80. The van der Waals surface area contributed by atoms with Gasteiger partial charge in [-0.2, -0.15) is 0 Å². The van der Waals surface area contributed by atoms with E-state index in [1.54, 1.807) is 0 Å². The summed E-state index contributed by atoms with van der Waals surface area (Å²) in [6.45, 7) is 1.33. The van der Waals surface area contributed by atoms with Crippen LogP contribution in [0.25, 0.3) is 11.0 Å². The van der Waals surface area contributed by atoms with Gasteiger partial charge >= 0.3 is 5.63 Å². The van der Waals surface area contributed by atoms with Gasteiger partial charge < -0.3 is 14.5 Å². The summed E-state index contributed by atoms with van der Waals surface area (Å²) in [4.78, 5) is 12.0. The highest BCUT2D eigenvalue weighted by Crippen LogP contribution is 2.30. The molecule has 4 nitrogen and oxygen atoms in total. The molecule has 1 aliphatic rings. The first kappa shape index (κ1) is 13.9. The van der Waals surface area contributed by atoms with Gasteiger partial charge in [0, 0.05) is 11.9 Å². The highest BCUT2D eigenvalue weighted by molar-refractivity contribution is 5.86. The molecule has 0 saturated carbocycles. The highest BCUT2D eigenvalue weighted by atomic mass is 16.5. The molecule has 2 heterocycles. The molecular weight excluding hydrogens is 290 g/mol. The summed E-state index contributed by atoms with van der Waals surface area (Å²) >= 11 is 0. The third-order valence-corrected chi connectivity index (χ3v) is 4.14. The average Bonchev–Trinajstić information content (AvgIpc) is 2.61. The Morgan fingerprint density at radius 3 is 2.87 bits per heavy atom. The van der Waals surface area contributed by atoms with Crippen molar-refractivity contribution in [2.75, 3.05) is 11.9 Å². The summed E-state index contributed by atoms with van der Waals surface area (Å²) in [6, 6.07) is 15.7. The van der Waals surface area contributed by atoms with E-state index < -0.39 is 0 Å². The van der Waals surface area contributed by atoms with Crippen LogP contribution in [0.3, 0.4) is 0 Å². The molecule has 0 unspecified atom stereocenters. The van der Waals surface area contributed by atoms with Gasteiger partial charge in [-0.05, 0) is 42.2 Å². The minimum Gasteiger partial charge on any atom is -0.489 e. The maximum atomic E-state index is 12.0. The normalized spacial score (nSPS) is 13.4. The lowest BCUT2D eigenvalue weighted by atomic mass is 10.0. The van der Waals surface area contributed by atoms with Crippen LogP contribution in [0.4, 0.5) is 5.69 Å². The van der Waals surface area contributed by atoms with Gasteiger partial charge in [-0.25, -0.2) is 4.79 Å². The van der Waals surface area contributed by atoms with Crippen molar-refractivity contribution in [2.24, 2.45) is 0 Å². The quantitative estimate of drug-likeness (QED) is 0.749. The SMILES string of the molecule is O=c1oc2ccc(OCc3ccccc3)cc2c2c1NCCC2. The zero-order valence-electron chi connectivity index (χ0n) is 12.7. The van der Waals surface area contributed by atoms with Crippen molar-refractivity contribution in [3.05, 3.63) is 70.1 Å². The maximum Gasteiger partial charge on any atom is 0.360 e. The summed E-state index contributed by atoms with van der Waals surface area (Å²) in [7, 11) is 0. The summed E-state index contributed by atoms with van der Waals surface area (Å²) in [5.74, 6) is 0.781. The third kappa shape index (κ3) is 2.68. The van der Waals surface area contributed by atoms with Gasteiger partial charge in [0.2, 0.25) is 0 Å². The van der Waals surface area contributed by atoms with Crippen LogP contribution in [-0.4, -0.2) is 6.54 Å². The van der Waals surface area contributed by atoms with Crippen molar-refractivity contribution >= 4 is 16.7 Å². The van der Waals surface area contributed by atoms with Crippen molar-refractivity contribution in [2.45, 2.75) is 19.4 Å². The van der Waals surface area contributed by atoms with Crippen LogP contribution in [0.1, 0.15) is 17.5 Å². The number of rotatable bonds is 3. The van der Waals surface area contributed by atoms with E-state index in [9.17, 15) is 4.79 Å². The Morgan fingerprint density at radius 2 is 2.00 bits per heavy atom. The van der Waals surface area contributed by atoms with E-state index in [-0.39, 0.29) is 5.63 Å². The van der Waals surface area contributed by atoms with Crippen molar-refractivity contribution in [3.63, 3.8) is 0 Å². The molecule has 4 heteroatoms. The van der Waals surface area contributed by atoms with Gasteiger partial charge in [0.25, 0.3) is 0 Å². The molecule has 1 aliphatic heterocycles. The molecule has 0 bridgehead atoms. The van der Waals surface area contributed by atoms with Crippen molar-refractivity contribution in [1.82, 2.24) is 0 Å². The largest absolute Gasteiger partial charge is 0.489 e. The van der Waals surface area contributed by atoms with E-state index in [0.29, 0.717) is 17.9 Å². The predicted octanol–water partition coefficient (Wildman–Crippen LogP) is 3.73. The molecule has 23 heavy (non-hydrogen) atoms. The van der Waals surface area contributed by atoms with Crippen LogP contribution in [0.5, 0.6) is 5.75 Å². The lowest BCUT2D eigenvalue weighted by molar-refractivity contribution is 0.306. The summed E-state index contributed by atoms with van der Waals surface area (Å²) in [5.41, 5.74) is 3.09. The molecule has 4 rings (SSSR count). The highest BCUT2D eigenvalue weighted by Gasteiger charge is 2.18. The van der Waals surface area contributed by atoms with Gasteiger partial charge in [-0.15, -0.1) is 0 Å². The lowest BCUT2D eigenvalue weighted by Crippen LogP contribution is -2.19. The first-order valence-corrected chi connectivity index (χ1v) is 7.81. The molecule has 2 aromatic carbocycles. The van der Waals surface area contributed by atoms with E-state index in [1.165, 1.54) is 0 Å². The fourth-order valence-corrected chi connectivity index (χ4v) is 2.99. The summed E-state index contributed by atoms with van der Waals surface area (Å²) in [5, 5.41) is 4.11. The molecule has 3 aromatic rings. The number of fused-ring (bicyclic) bond motifs is 3. The second-order valence-corrected chi connectivity index (χ2v) is 5.71. The van der Waals surface area contributed by atoms with Gasteiger partial charge in [0.05, 0.1) is 0 Å². The minimum absolute atomic E-state index is 0.287. The molecule has 0 spiro atoms. The van der Waals surface area contributed by atoms with Crippen LogP contribution in [0.15, 0.2) is 57.7 Å². The fraction of sp³-hybridized carbons (Fsp3) is 0.211. The van der Waals surface area contributed by atoms with Gasteiger partial charge in [-0.1, -0.05) is 30.3 Å². The number of hydrogen-bond donors (Lipinski definition) is 1. The van der Waals surface area contributed by atoms with Crippen molar-refractivity contribution in [1.29, 1.82) is 0 Å². The first-order valence-electron chi connectivity index (χ1n) is 7.81. The predicted molar refractivity (Wildman–Crippen MR) is 90.1 cm³/mol. The van der Waals surface area contributed by atoms with Gasteiger partial charge in [0.1, 0.15) is 23.6 Å². The molecule has 0 atom stereocenters. The molecule has 1 N–H and O–H groups in total. The lowest BCUT2D eigenvalue weighted by Gasteiger charge is -2.18. The van der Waals surface area contributed by atoms with Gasteiger partial charge in [-0.3, -0.25) is 0 Å². The summed E-state index contributed by atoms with van der Waals surface area (Å²) in [6.07, 6.45) is 1.90. The van der Waals surface area contributed by atoms with Crippen LogP contribution in [-0.2, 0) is 13.0 Å². The summed E-state index contributed by atoms with van der Waals surface area (Å²) < 4.78 is 11.3. The van der Waals surface area contributed by atoms with Crippen LogP contribution < -0.4 is 15.7 Å². The Kier molecular flexibility index (Phi) is 3.50. The Balaban J connectivity index is 1.69. The van der Waals surface area contributed by atoms with E-state index in [0.717, 1.165) is 41.6 Å². The monoisotopic (exact) mass is 307 g/mol. The number of nitrogens with one attached hydrogen (secondary N) is 1. The molecule has 0 saturated heterocycles.